The van der Waals surface area contributed by atoms with Crippen molar-refractivity contribution in [2.45, 2.75) is 104 Å². The number of hydrogen-bond acceptors (Lipinski definition) is 5. The summed E-state index contributed by atoms with van der Waals surface area (Å²) in [5.41, 5.74) is 0.435. The van der Waals surface area contributed by atoms with Gasteiger partial charge in [0.2, 0.25) is 5.91 Å². The Morgan fingerprint density at radius 3 is 2.16 bits per heavy atom. The number of phenolic OH excluding ortho intramolecular Hbond substituents is 1. The Morgan fingerprint density at radius 1 is 0.867 bits per heavy atom. The molecule has 0 aliphatic carbocycles. The molecule has 0 fully saturated rings. The van der Waals surface area contributed by atoms with Crippen molar-refractivity contribution in [1.82, 2.24) is 10.2 Å². The first kappa shape index (κ1) is 35.4. The van der Waals surface area contributed by atoms with Crippen molar-refractivity contribution < 1.29 is 24.2 Å². The summed E-state index contributed by atoms with van der Waals surface area (Å²) < 4.78 is 5.52. The van der Waals surface area contributed by atoms with E-state index in [0.29, 0.717) is 30.6 Å². The van der Waals surface area contributed by atoms with E-state index in [1.807, 2.05) is 56.3 Å². The zero-order valence-corrected chi connectivity index (χ0v) is 27.8. The number of unbranched alkanes of at least 4 members (excludes halogenated alkanes) is 5. The summed E-state index contributed by atoms with van der Waals surface area (Å²) in [6.07, 6.45) is 6.00. The van der Waals surface area contributed by atoms with Gasteiger partial charge in [0.05, 0.1) is 0 Å². The number of amides is 3. The lowest BCUT2D eigenvalue weighted by molar-refractivity contribution is -0.142. The molecule has 8 nitrogen and oxygen atoms in total. The highest BCUT2D eigenvalue weighted by Crippen LogP contribution is 2.29. The third kappa shape index (κ3) is 10.8. The summed E-state index contributed by atoms with van der Waals surface area (Å²) in [5.74, 6) is -0.891. The molecule has 0 saturated carbocycles. The number of benzene rings is 3. The van der Waals surface area contributed by atoms with Crippen LogP contribution >= 0.6 is 0 Å². The average molecular weight is 618 g/mol. The van der Waals surface area contributed by atoms with E-state index in [1.165, 1.54) is 12.1 Å². The van der Waals surface area contributed by atoms with E-state index in [2.05, 4.69) is 17.6 Å². The molecule has 3 rings (SSSR count). The Kier molecular flexibility index (Phi) is 13.3. The fourth-order valence-corrected chi connectivity index (χ4v) is 5.33. The van der Waals surface area contributed by atoms with Crippen LogP contribution in [-0.2, 0) is 14.3 Å². The third-order valence-electron chi connectivity index (χ3n) is 7.97. The van der Waals surface area contributed by atoms with Crippen LogP contribution in [-0.4, -0.2) is 46.1 Å². The number of phenols is 1. The lowest BCUT2D eigenvalue weighted by atomic mass is 9.95. The summed E-state index contributed by atoms with van der Waals surface area (Å²) in [6, 6.07) is 18.1. The molecule has 0 radical (unpaired) electrons. The van der Waals surface area contributed by atoms with Gasteiger partial charge >= 0.3 is 6.09 Å². The number of ether oxygens (including phenoxy) is 1. The average Bonchev–Trinajstić information content (AvgIpc) is 3.00. The Bertz CT molecular complexity index is 1400. The van der Waals surface area contributed by atoms with Gasteiger partial charge in [-0.15, -0.1) is 0 Å². The normalized spacial score (nSPS) is 13.5. The summed E-state index contributed by atoms with van der Waals surface area (Å²) in [4.78, 5) is 43.3. The lowest BCUT2D eigenvalue weighted by Crippen LogP contribution is -2.55. The fraction of sp³-hybridized carbons (Fsp3) is 0.486. The standard InChI is InChI=1S/C37H51N3O5/c1-7-9-10-11-12-15-24-40(35(43)32(26(3)8-2)39-36(44)45-37(4,5)6)33(28-19-22-31(41)23-20-28)34(42)38-30-21-18-27-16-13-14-17-29(27)25-30/h13-14,16-23,25-26,32-33,41H,7-12,15,24H2,1-6H3,(H,38,42)(H,39,44). The van der Waals surface area contributed by atoms with Crippen LogP contribution in [0.5, 0.6) is 5.75 Å². The van der Waals surface area contributed by atoms with Crippen molar-refractivity contribution in [3.05, 3.63) is 72.3 Å². The van der Waals surface area contributed by atoms with E-state index in [4.69, 9.17) is 4.74 Å². The zero-order valence-electron chi connectivity index (χ0n) is 27.8. The number of nitrogens with zero attached hydrogens (tertiary/aromatic N) is 1. The maximum absolute atomic E-state index is 14.6. The predicted molar refractivity (Wildman–Crippen MR) is 181 cm³/mol. The molecule has 3 aromatic rings. The Hall–Kier alpha value is -4.07. The van der Waals surface area contributed by atoms with E-state index >= 15 is 0 Å². The molecule has 0 bridgehead atoms. The minimum absolute atomic E-state index is 0.0605. The van der Waals surface area contributed by atoms with E-state index in [-0.39, 0.29) is 23.5 Å². The van der Waals surface area contributed by atoms with E-state index in [0.717, 1.165) is 42.9 Å². The largest absolute Gasteiger partial charge is 0.508 e. The third-order valence-corrected chi connectivity index (χ3v) is 7.97. The molecule has 3 amide bonds. The Balaban J connectivity index is 2.02. The van der Waals surface area contributed by atoms with Crippen molar-refractivity contribution in [2.24, 2.45) is 5.92 Å². The molecule has 45 heavy (non-hydrogen) atoms. The molecule has 0 heterocycles. The summed E-state index contributed by atoms with van der Waals surface area (Å²) in [6.45, 7) is 11.7. The summed E-state index contributed by atoms with van der Waals surface area (Å²) in [7, 11) is 0. The van der Waals surface area contributed by atoms with Crippen molar-refractivity contribution >= 4 is 34.4 Å². The lowest BCUT2D eigenvalue weighted by Gasteiger charge is -2.36. The number of rotatable bonds is 15. The van der Waals surface area contributed by atoms with Crippen LogP contribution in [0.4, 0.5) is 10.5 Å². The zero-order chi connectivity index (χ0) is 33.0. The van der Waals surface area contributed by atoms with Crippen LogP contribution in [0.15, 0.2) is 66.7 Å². The fourth-order valence-electron chi connectivity index (χ4n) is 5.33. The van der Waals surface area contributed by atoms with Gasteiger partial charge in [0, 0.05) is 12.2 Å². The number of aromatic hydroxyl groups is 1. The number of nitrogens with one attached hydrogen (secondary N) is 2. The van der Waals surface area contributed by atoms with Gasteiger partial charge in [-0.2, -0.15) is 0 Å². The molecule has 0 aliphatic rings. The second kappa shape index (κ2) is 16.8. The first-order chi connectivity index (χ1) is 21.4. The van der Waals surface area contributed by atoms with Crippen molar-refractivity contribution in [2.75, 3.05) is 11.9 Å². The molecule has 3 aromatic carbocycles. The first-order valence-corrected chi connectivity index (χ1v) is 16.3. The second-order valence-electron chi connectivity index (χ2n) is 12.9. The number of fused-ring (bicyclic) bond motifs is 1. The minimum atomic E-state index is -1.01. The number of carbonyl (C=O) groups excluding carboxylic acids is 3. The number of anilines is 1. The van der Waals surface area contributed by atoms with Gasteiger partial charge in [0.1, 0.15) is 23.4 Å². The number of carbonyl (C=O) groups is 3. The predicted octanol–water partition coefficient (Wildman–Crippen LogP) is 8.35. The molecular formula is C37H51N3O5. The smallest absolute Gasteiger partial charge is 0.408 e. The maximum Gasteiger partial charge on any atom is 0.408 e. The monoisotopic (exact) mass is 617 g/mol. The number of hydrogen-bond donors (Lipinski definition) is 3. The molecule has 8 heteroatoms. The summed E-state index contributed by atoms with van der Waals surface area (Å²) >= 11 is 0. The van der Waals surface area contributed by atoms with Crippen molar-refractivity contribution in [3.8, 4) is 5.75 Å². The van der Waals surface area contributed by atoms with Crippen LogP contribution in [0, 0.1) is 5.92 Å². The minimum Gasteiger partial charge on any atom is -0.508 e. The molecule has 0 aliphatic heterocycles. The van der Waals surface area contributed by atoms with Gasteiger partial charge in [-0.1, -0.05) is 102 Å². The first-order valence-electron chi connectivity index (χ1n) is 16.3. The molecule has 244 valence electrons. The summed E-state index contributed by atoms with van der Waals surface area (Å²) in [5, 5.41) is 18.0. The van der Waals surface area contributed by atoms with Gasteiger partial charge in [-0.05, 0) is 73.7 Å². The van der Waals surface area contributed by atoms with Gasteiger partial charge in [-0.3, -0.25) is 9.59 Å². The van der Waals surface area contributed by atoms with E-state index < -0.39 is 23.8 Å². The SMILES string of the molecule is CCCCCCCCN(C(=O)C(NC(=O)OC(C)(C)C)C(C)CC)C(C(=O)Nc1ccc2ccccc2c1)c1ccc(O)cc1. The van der Waals surface area contributed by atoms with Crippen LogP contribution < -0.4 is 10.6 Å². The molecule has 3 atom stereocenters. The van der Waals surface area contributed by atoms with Crippen LogP contribution in [0.3, 0.4) is 0 Å². The van der Waals surface area contributed by atoms with Gasteiger partial charge in [-0.25, -0.2) is 4.79 Å². The Morgan fingerprint density at radius 2 is 1.51 bits per heavy atom. The molecule has 3 unspecified atom stereocenters. The quantitative estimate of drug-likeness (QED) is 0.149. The molecule has 0 aromatic heterocycles. The molecular weight excluding hydrogens is 566 g/mol. The highest BCUT2D eigenvalue weighted by atomic mass is 16.6. The van der Waals surface area contributed by atoms with Gasteiger partial charge in [0.15, 0.2) is 0 Å². The highest BCUT2D eigenvalue weighted by Gasteiger charge is 2.38. The second-order valence-corrected chi connectivity index (χ2v) is 12.9. The molecule has 3 N–H and O–H groups in total. The van der Waals surface area contributed by atoms with Crippen LogP contribution in [0.25, 0.3) is 10.8 Å². The molecule has 0 spiro atoms. The topological polar surface area (TPSA) is 108 Å². The van der Waals surface area contributed by atoms with Crippen molar-refractivity contribution in [3.63, 3.8) is 0 Å². The number of alkyl carbamates (subject to hydrolysis) is 1. The maximum atomic E-state index is 14.6. The van der Waals surface area contributed by atoms with Crippen LogP contribution in [0.1, 0.15) is 98.1 Å². The van der Waals surface area contributed by atoms with Crippen molar-refractivity contribution in [1.29, 1.82) is 0 Å². The van der Waals surface area contributed by atoms with Gasteiger partial charge < -0.3 is 25.4 Å². The van der Waals surface area contributed by atoms with Gasteiger partial charge in [0.25, 0.3) is 5.91 Å². The van der Waals surface area contributed by atoms with E-state index in [9.17, 15) is 19.5 Å². The molecule has 0 saturated heterocycles. The Labute approximate surface area is 268 Å². The van der Waals surface area contributed by atoms with Crippen LogP contribution in [0.2, 0.25) is 0 Å². The van der Waals surface area contributed by atoms with E-state index in [1.54, 1.807) is 37.8 Å². The highest BCUT2D eigenvalue weighted by molar-refractivity contribution is 6.00.